The van der Waals surface area contributed by atoms with Gasteiger partial charge in [-0.2, -0.15) is 5.10 Å². The van der Waals surface area contributed by atoms with Crippen LogP contribution in [-0.2, 0) is 0 Å². The molecule has 1 unspecified atom stereocenters. The van der Waals surface area contributed by atoms with Gasteiger partial charge in [-0.3, -0.25) is 5.10 Å². The van der Waals surface area contributed by atoms with Crippen LogP contribution in [0.25, 0.3) is 11.4 Å². The van der Waals surface area contributed by atoms with E-state index in [0.29, 0.717) is 12.4 Å². The van der Waals surface area contributed by atoms with Crippen molar-refractivity contribution in [1.82, 2.24) is 15.2 Å². The molecule has 0 saturated heterocycles. The predicted octanol–water partition coefficient (Wildman–Crippen LogP) is 1.54. The van der Waals surface area contributed by atoms with Crippen LogP contribution in [0.3, 0.4) is 0 Å². The van der Waals surface area contributed by atoms with Gasteiger partial charge < -0.3 is 11.1 Å². The van der Waals surface area contributed by atoms with Gasteiger partial charge in [0.25, 0.3) is 0 Å². The summed E-state index contributed by atoms with van der Waals surface area (Å²) in [7, 11) is 0. The Balaban J connectivity index is 2.33. The lowest BCUT2D eigenvalue weighted by Crippen LogP contribution is -2.25. The summed E-state index contributed by atoms with van der Waals surface area (Å²) < 4.78 is 0. The molecule has 5 nitrogen and oxygen atoms in total. The van der Waals surface area contributed by atoms with Crippen molar-refractivity contribution in [1.29, 1.82) is 0 Å². The number of aryl methyl sites for hydroxylation is 1. The van der Waals surface area contributed by atoms with E-state index in [1.54, 1.807) is 0 Å². The van der Waals surface area contributed by atoms with Gasteiger partial charge in [0.1, 0.15) is 5.82 Å². The molecule has 0 fully saturated rings. The number of hydrogen-bond donors (Lipinski definition) is 3. The first-order valence-corrected chi connectivity index (χ1v) is 5.65. The van der Waals surface area contributed by atoms with Crippen LogP contribution in [-0.4, -0.2) is 27.8 Å². The van der Waals surface area contributed by atoms with E-state index in [9.17, 15) is 0 Å². The number of hydrogen-bond acceptors (Lipinski definition) is 4. The van der Waals surface area contributed by atoms with Gasteiger partial charge in [0, 0.05) is 23.8 Å². The summed E-state index contributed by atoms with van der Waals surface area (Å²) in [6.45, 7) is 4.51. The third-order valence-corrected chi connectivity index (χ3v) is 2.52. The Morgan fingerprint density at radius 3 is 2.82 bits per heavy atom. The van der Waals surface area contributed by atoms with Gasteiger partial charge in [0.2, 0.25) is 0 Å². The van der Waals surface area contributed by atoms with Crippen molar-refractivity contribution in [3.63, 3.8) is 0 Å². The molecular weight excluding hydrogens is 214 g/mol. The fourth-order valence-corrected chi connectivity index (χ4v) is 1.59. The normalized spacial score (nSPS) is 12.4. The quantitative estimate of drug-likeness (QED) is 0.745. The zero-order valence-corrected chi connectivity index (χ0v) is 10.1. The van der Waals surface area contributed by atoms with E-state index in [1.807, 2.05) is 38.1 Å². The minimum absolute atomic E-state index is 0.219. The Labute approximate surface area is 100 Å². The number of nitrogens with one attached hydrogen (secondary N) is 2. The first-order chi connectivity index (χ1) is 8.20. The van der Waals surface area contributed by atoms with Crippen LogP contribution in [0, 0.1) is 6.92 Å². The molecule has 0 aliphatic rings. The number of aromatic nitrogens is 3. The van der Waals surface area contributed by atoms with Crippen LogP contribution >= 0.6 is 0 Å². The molecule has 0 aliphatic heterocycles. The summed E-state index contributed by atoms with van der Waals surface area (Å²) >= 11 is 0. The number of nitrogens with zero attached hydrogens (tertiary/aromatic N) is 2. The molecule has 1 aromatic carbocycles. The summed E-state index contributed by atoms with van der Waals surface area (Å²) in [6.07, 6.45) is 0. The molecule has 0 spiro atoms. The average molecular weight is 231 g/mol. The van der Waals surface area contributed by atoms with Gasteiger partial charge in [-0.15, -0.1) is 0 Å². The van der Waals surface area contributed by atoms with E-state index in [1.165, 1.54) is 0 Å². The third-order valence-electron chi connectivity index (χ3n) is 2.52. The molecule has 2 aromatic rings. The highest BCUT2D eigenvalue weighted by atomic mass is 15.2. The van der Waals surface area contributed by atoms with E-state index in [2.05, 4.69) is 20.5 Å². The number of nitrogens with two attached hydrogens (primary N) is 1. The lowest BCUT2D eigenvalue weighted by Gasteiger charge is -2.15. The average Bonchev–Trinajstić information content (AvgIpc) is 2.76. The molecular formula is C12H17N5. The molecule has 2 rings (SSSR count). The van der Waals surface area contributed by atoms with Gasteiger partial charge in [-0.05, 0) is 26.0 Å². The summed E-state index contributed by atoms with van der Waals surface area (Å²) in [5.74, 6) is 1.51. The highest BCUT2D eigenvalue weighted by Gasteiger charge is 2.10. The molecule has 1 heterocycles. The van der Waals surface area contributed by atoms with E-state index in [0.717, 1.165) is 17.1 Å². The molecule has 0 radical (unpaired) electrons. The van der Waals surface area contributed by atoms with Crippen molar-refractivity contribution in [2.75, 3.05) is 11.9 Å². The largest absolute Gasteiger partial charge is 0.381 e. The second kappa shape index (κ2) is 4.97. The molecule has 1 atom stereocenters. The zero-order chi connectivity index (χ0) is 12.3. The number of H-pyrrole nitrogens is 1. The minimum atomic E-state index is 0.219. The molecule has 1 aromatic heterocycles. The van der Waals surface area contributed by atoms with Gasteiger partial charge in [0.15, 0.2) is 5.82 Å². The molecule has 0 aliphatic carbocycles. The second-order valence-electron chi connectivity index (χ2n) is 4.07. The number of para-hydroxylation sites is 1. The first-order valence-electron chi connectivity index (χ1n) is 5.65. The van der Waals surface area contributed by atoms with Gasteiger partial charge in [-0.25, -0.2) is 4.98 Å². The lowest BCUT2D eigenvalue weighted by molar-refractivity contribution is 0.804. The van der Waals surface area contributed by atoms with Crippen molar-refractivity contribution in [3.05, 3.63) is 30.1 Å². The topological polar surface area (TPSA) is 79.6 Å². The molecule has 90 valence electrons. The van der Waals surface area contributed by atoms with E-state index in [4.69, 9.17) is 5.73 Å². The van der Waals surface area contributed by atoms with Gasteiger partial charge in [-0.1, -0.05) is 12.1 Å². The van der Waals surface area contributed by atoms with Gasteiger partial charge in [0.05, 0.1) is 0 Å². The van der Waals surface area contributed by atoms with Gasteiger partial charge >= 0.3 is 0 Å². The van der Waals surface area contributed by atoms with Crippen molar-refractivity contribution in [3.8, 4) is 11.4 Å². The SMILES string of the molecule is Cc1nc(-c2ccccc2NC(C)CN)n[nH]1. The number of benzene rings is 1. The fraction of sp³-hybridized carbons (Fsp3) is 0.333. The maximum Gasteiger partial charge on any atom is 0.183 e. The maximum absolute atomic E-state index is 5.61. The minimum Gasteiger partial charge on any atom is -0.381 e. The standard InChI is InChI=1S/C12H17N5/c1-8(7-13)14-11-6-4-3-5-10(11)12-15-9(2)16-17-12/h3-6,8,14H,7,13H2,1-2H3,(H,15,16,17). The van der Waals surface area contributed by atoms with E-state index >= 15 is 0 Å². The Hall–Kier alpha value is -1.88. The third kappa shape index (κ3) is 2.62. The Morgan fingerprint density at radius 2 is 2.18 bits per heavy atom. The van der Waals surface area contributed by atoms with Crippen LogP contribution in [0.1, 0.15) is 12.7 Å². The van der Waals surface area contributed by atoms with Crippen molar-refractivity contribution in [2.45, 2.75) is 19.9 Å². The summed E-state index contributed by atoms with van der Waals surface area (Å²) in [6, 6.07) is 8.17. The Kier molecular flexibility index (Phi) is 3.39. The summed E-state index contributed by atoms with van der Waals surface area (Å²) in [4.78, 5) is 4.34. The molecule has 17 heavy (non-hydrogen) atoms. The first kappa shape index (κ1) is 11.6. The second-order valence-corrected chi connectivity index (χ2v) is 4.07. The fourth-order valence-electron chi connectivity index (χ4n) is 1.59. The van der Waals surface area contributed by atoms with E-state index in [-0.39, 0.29) is 6.04 Å². The van der Waals surface area contributed by atoms with Crippen molar-refractivity contribution < 1.29 is 0 Å². The summed E-state index contributed by atoms with van der Waals surface area (Å²) in [5.41, 5.74) is 7.60. The van der Waals surface area contributed by atoms with E-state index < -0.39 is 0 Å². The Bertz CT molecular complexity index is 491. The van der Waals surface area contributed by atoms with Crippen LogP contribution in [0.5, 0.6) is 0 Å². The molecule has 5 heteroatoms. The predicted molar refractivity (Wildman–Crippen MR) is 68.7 cm³/mol. The van der Waals surface area contributed by atoms with Crippen molar-refractivity contribution in [2.24, 2.45) is 5.73 Å². The number of rotatable bonds is 4. The number of anilines is 1. The zero-order valence-electron chi connectivity index (χ0n) is 10.1. The van der Waals surface area contributed by atoms with Crippen molar-refractivity contribution >= 4 is 5.69 Å². The highest BCUT2D eigenvalue weighted by Crippen LogP contribution is 2.25. The lowest BCUT2D eigenvalue weighted by atomic mass is 10.1. The maximum atomic E-state index is 5.61. The molecule has 4 N–H and O–H groups in total. The molecule has 0 saturated carbocycles. The number of aromatic amines is 1. The smallest absolute Gasteiger partial charge is 0.183 e. The van der Waals surface area contributed by atoms with Crippen LogP contribution in [0.4, 0.5) is 5.69 Å². The monoisotopic (exact) mass is 231 g/mol. The van der Waals surface area contributed by atoms with Crippen LogP contribution in [0.15, 0.2) is 24.3 Å². The molecule has 0 amide bonds. The van der Waals surface area contributed by atoms with Crippen LogP contribution < -0.4 is 11.1 Å². The highest BCUT2D eigenvalue weighted by molar-refractivity contribution is 5.73. The molecule has 0 bridgehead atoms. The summed E-state index contributed by atoms with van der Waals surface area (Å²) in [5, 5.41) is 10.4. The van der Waals surface area contributed by atoms with Crippen LogP contribution in [0.2, 0.25) is 0 Å². The Morgan fingerprint density at radius 1 is 1.41 bits per heavy atom.